The van der Waals surface area contributed by atoms with E-state index in [9.17, 15) is 4.79 Å². The first-order valence-corrected chi connectivity index (χ1v) is 11.8. The number of hydrogen-bond donors (Lipinski definition) is 0. The van der Waals surface area contributed by atoms with Crippen LogP contribution in [0.15, 0.2) is 60.8 Å². The van der Waals surface area contributed by atoms with Crippen molar-refractivity contribution in [3.8, 4) is 34.8 Å². The molecule has 1 heterocycles. The van der Waals surface area contributed by atoms with E-state index in [0.29, 0.717) is 40.7 Å². The van der Waals surface area contributed by atoms with Crippen LogP contribution in [0.5, 0.6) is 23.0 Å². The maximum Gasteiger partial charge on any atom is 0.203 e. The van der Waals surface area contributed by atoms with E-state index >= 15 is 0 Å². The third-order valence-corrected chi connectivity index (χ3v) is 6.31. The van der Waals surface area contributed by atoms with Gasteiger partial charge < -0.3 is 23.5 Å². The third-order valence-electron chi connectivity index (χ3n) is 5.59. The molecule has 0 radical (unpaired) electrons. The maximum atomic E-state index is 13.7. The Morgan fingerprint density at radius 2 is 1.57 bits per heavy atom. The van der Waals surface area contributed by atoms with Gasteiger partial charge in [-0.15, -0.1) is 0 Å². The summed E-state index contributed by atoms with van der Waals surface area (Å²) in [7, 11) is 6.19. The minimum atomic E-state index is -0.163. The highest BCUT2D eigenvalue weighted by molar-refractivity contribution is 14.1. The van der Waals surface area contributed by atoms with Crippen molar-refractivity contribution in [3.05, 3.63) is 81.1 Å². The normalized spacial score (nSPS) is 10.4. The number of halogens is 1. The van der Waals surface area contributed by atoms with Crippen LogP contribution in [0.2, 0.25) is 0 Å². The molecule has 0 saturated heterocycles. The first-order chi connectivity index (χ1) is 17.0. The Labute approximate surface area is 217 Å². The fraction of sp³-hybridized carbons (Fsp3) is 0.179. The Balaban J connectivity index is 1.77. The van der Waals surface area contributed by atoms with Gasteiger partial charge >= 0.3 is 0 Å². The minimum absolute atomic E-state index is 0.163. The van der Waals surface area contributed by atoms with Gasteiger partial charge in [0, 0.05) is 37.9 Å². The van der Waals surface area contributed by atoms with E-state index in [-0.39, 0.29) is 5.78 Å². The predicted molar refractivity (Wildman–Crippen MR) is 144 cm³/mol. The molecule has 6 nitrogen and oxygen atoms in total. The number of hydrogen-bond acceptors (Lipinski definition) is 5. The van der Waals surface area contributed by atoms with Crippen molar-refractivity contribution >= 4 is 39.3 Å². The summed E-state index contributed by atoms with van der Waals surface area (Å²) >= 11 is 2.27. The number of aromatic nitrogens is 1. The highest BCUT2D eigenvalue weighted by Gasteiger charge is 2.21. The lowest BCUT2D eigenvalue weighted by Gasteiger charge is -2.13. The van der Waals surface area contributed by atoms with Gasteiger partial charge in [-0.2, -0.15) is 0 Å². The van der Waals surface area contributed by atoms with Crippen LogP contribution in [-0.4, -0.2) is 38.8 Å². The lowest BCUT2D eigenvalue weighted by atomic mass is 10.0. The molecule has 0 N–H and O–H groups in total. The van der Waals surface area contributed by atoms with Crippen LogP contribution in [0.3, 0.4) is 0 Å². The van der Waals surface area contributed by atoms with E-state index in [2.05, 4.69) is 34.4 Å². The molecule has 3 aromatic carbocycles. The average molecular weight is 581 g/mol. The number of benzene rings is 3. The summed E-state index contributed by atoms with van der Waals surface area (Å²) in [5.74, 6) is 8.22. The highest BCUT2D eigenvalue weighted by atomic mass is 127. The topological polar surface area (TPSA) is 58.9 Å². The molecule has 1 aromatic heterocycles. The van der Waals surface area contributed by atoms with Crippen LogP contribution in [0, 0.1) is 15.4 Å². The minimum Gasteiger partial charge on any atom is -0.497 e. The highest BCUT2D eigenvalue weighted by Crippen LogP contribution is 2.39. The van der Waals surface area contributed by atoms with Crippen LogP contribution in [0.1, 0.15) is 21.5 Å². The van der Waals surface area contributed by atoms with Gasteiger partial charge in [0.05, 0.1) is 40.5 Å². The Kier molecular flexibility index (Phi) is 7.51. The number of methoxy groups -OCH3 is 4. The molecule has 7 heteroatoms. The summed E-state index contributed by atoms with van der Waals surface area (Å²) in [6.07, 6.45) is 1.83. The lowest BCUT2D eigenvalue weighted by molar-refractivity contribution is 0.103. The Hall–Kier alpha value is -3.64. The molecule has 0 fully saturated rings. The van der Waals surface area contributed by atoms with E-state index in [1.807, 2.05) is 53.2 Å². The first-order valence-electron chi connectivity index (χ1n) is 10.7. The molecule has 35 heavy (non-hydrogen) atoms. The van der Waals surface area contributed by atoms with Crippen molar-refractivity contribution in [3.63, 3.8) is 0 Å². The molecule has 0 amide bonds. The second-order valence-electron chi connectivity index (χ2n) is 7.61. The summed E-state index contributed by atoms with van der Waals surface area (Å²) < 4.78 is 24.8. The summed E-state index contributed by atoms with van der Waals surface area (Å²) in [6, 6.07) is 17.0. The van der Waals surface area contributed by atoms with Crippen molar-refractivity contribution in [1.82, 2.24) is 4.57 Å². The van der Waals surface area contributed by atoms with E-state index in [1.165, 1.54) is 21.3 Å². The van der Waals surface area contributed by atoms with Crippen LogP contribution in [0.4, 0.5) is 0 Å². The smallest absolute Gasteiger partial charge is 0.203 e. The Bertz CT molecular complexity index is 1420. The van der Waals surface area contributed by atoms with Crippen LogP contribution >= 0.6 is 22.6 Å². The monoisotopic (exact) mass is 581 g/mol. The van der Waals surface area contributed by atoms with Crippen molar-refractivity contribution in [2.24, 2.45) is 0 Å². The molecule has 4 aromatic rings. The van der Waals surface area contributed by atoms with Crippen molar-refractivity contribution in [1.29, 1.82) is 0 Å². The fourth-order valence-electron chi connectivity index (χ4n) is 3.84. The van der Waals surface area contributed by atoms with E-state index in [4.69, 9.17) is 18.9 Å². The molecule has 0 aliphatic rings. The molecular formula is C28H24INO5. The number of ether oxygens (including phenoxy) is 4. The Morgan fingerprint density at radius 1 is 0.886 bits per heavy atom. The Morgan fingerprint density at radius 3 is 2.17 bits per heavy atom. The van der Waals surface area contributed by atoms with Crippen LogP contribution in [-0.2, 0) is 6.54 Å². The molecule has 0 aliphatic carbocycles. The van der Waals surface area contributed by atoms with Gasteiger partial charge in [0.1, 0.15) is 5.75 Å². The summed E-state index contributed by atoms with van der Waals surface area (Å²) in [4.78, 5) is 13.7. The molecule has 0 bridgehead atoms. The van der Waals surface area contributed by atoms with E-state index in [1.54, 1.807) is 19.2 Å². The van der Waals surface area contributed by atoms with Crippen LogP contribution < -0.4 is 18.9 Å². The maximum absolute atomic E-state index is 13.7. The quantitative estimate of drug-likeness (QED) is 0.163. The lowest BCUT2D eigenvalue weighted by Crippen LogP contribution is -2.04. The van der Waals surface area contributed by atoms with Crippen molar-refractivity contribution < 1.29 is 23.7 Å². The molecule has 178 valence electrons. The van der Waals surface area contributed by atoms with E-state index < -0.39 is 0 Å². The summed E-state index contributed by atoms with van der Waals surface area (Å²) in [5, 5.41) is 0.806. The van der Waals surface area contributed by atoms with Gasteiger partial charge in [-0.05, 0) is 71.1 Å². The number of carbonyl (C=O) groups is 1. The second kappa shape index (κ2) is 10.7. The van der Waals surface area contributed by atoms with Gasteiger partial charge in [0.15, 0.2) is 17.3 Å². The molecule has 4 rings (SSSR count). The van der Waals surface area contributed by atoms with Gasteiger partial charge in [-0.3, -0.25) is 4.79 Å². The summed E-state index contributed by atoms with van der Waals surface area (Å²) in [5.41, 5.74) is 2.78. The summed E-state index contributed by atoms with van der Waals surface area (Å²) in [6.45, 7) is 0.415. The molecule has 0 atom stereocenters. The molecule has 0 spiro atoms. The second-order valence-corrected chi connectivity index (χ2v) is 8.85. The standard InChI is InChI=1S/C28H24INO5/c1-32-21-11-12-22-23(27(31)19-14-25(33-2)28(35-4)26(15-19)34-3)17-30(24(22)16-21)13-5-6-18-7-9-20(29)10-8-18/h7-12,14-17H,13H2,1-4H3. The van der Waals surface area contributed by atoms with Gasteiger partial charge in [-0.25, -0.2) is 0 Å². The number of fused-ring (bicyclic) bond motifs is 1. The fourth-order valence-corrected chi connectivity index (χ4v) is 4.20. The molecular weight excluding hydrogens is 557 g/mol. The zero-order valence-corrected chi connectivity index (χ0v) is 22.0. The number of nitrogens with zero attached hydrogens (tertiary/aromatic N) is 1. The third kappa shape index (κ3) is 5.08. The van der Waals surface area contributed by atoms with Gasteiger partial charge in [0.2, 0.25) is 5.75 Å². The first kappa shape index (κ1) is 24.5. The zero-order valence-electron chi connectivity index (χ0n) is 19.8. The SMILES string of the molecule is COc1ccc2c(C(=O)c3cc(OC)c(OC)c(OC)c3)cn(CC#Cc3ccc(I)cc3)c2c1. The largest absolute Gasteiger partial charge is 0.497 e. The predicted octanol–water partition coefficient (Wildman–Crippen LogP) is 5.56. The van der Waals surface area contributed by atoms with Gasteiger partial charge in [-0.1, -0.05) is 11.8 Å². The van der Waals surface area contributed by atoms with Crippen molar-refractivity contribution in [2.45, 2.75) is 6.54 Å². The molecule has 0 unspecified atom stereocenters. The molecule has 0 saturated carbocycles. The number of carbonyl (C=O) groups excluding carboxylic acids is 1. The van der Waals surface area contributed by atoms with Crippen molar-refractivity contribution in [2.75, 3.05) is 28.4 Å². The van der Waals surface area contributed by atoms with E-state index in [0.717, 1.165) is 20.0 Å². The number of rotatable bonds is 7. The van der Waals surface area contributed by atoms with Crippen LogP contribution in [0.25, 0.3) is 10.9 Å². The zero-order chi connectivity index (χ0) is 24.9. The van der Waals surface area contributed by atoms with Gasteiger partial charge in [0.25, 0.3) is 0 Å². The average Bonchev–Trinajstić information content (AvgIpc) is 3.26. The number of ketones is 1. The molecule has 0 aliphatic heterocycles.